The lowest BCUT2D eigenvalue weighted by Gasteiger charge is -2.37. The summed E-state index contributed by atoms with van der Waals surface area (Å²) in [5.41, 5.74) is -0.862. The fourth-order valence-electron chi connectivity index (χ4n) is 3.74. The number of hydrogen-bond acceptors (Lipinski definition) is 3. The first-order valence-corrected chi connectivity index (χ1v) is 9.75. The fraction of sp³-hybridized carbons (Fsp3) is 0.667. The Morgan fingerprint density at radius 2 is 1.76 bits per heavy atom. The molecule has 0 amide bonds. The third-order valence-electron chi connectivity index (χ3n) is 6.11. The number of likely N-dealkylation sites (N-methyl/N-ethyl adjacent to an activating group) is 1. The summed E-state index contributed by atoms with van der Waals surface area (Å²) in [4.78, 5) is 12.9. The van der Waals surface area contributed by atoms with Crippen molar-refractivity contribution in [2.24, 2.45) is 5.92 Å². The third kappa shape index (κ3) is 4.62. The smallest absolute Gasteiger partial charge is 0.343 e. The van der Waals surface area contributed by atoms with Crippen molar-refractivity contribution in [1.29, 1.82) is 0 Å². The van der Waals surface area contributed by atoms with Gasteiger partial charge in [0.05, 0.1) is 20.1 Å². The average Bonchev–Trinajstić information content (AvgIpc) is 2.68. The van der Waals surface area contributed by atoms with Gasteiger partial charge in [0.2, 0.25) is 0 Å². The molecular weight excluding hydrogens is 314 g/mol. The molecule has 1 aliphatic rings. The molecule has 0 spiro atoms. The summed E-state index contributed by atoms with van der Waals surface area (Å²) in [6.45, 7) is 7.41. The van der Waals surface area contributed by atoms with Crippen LogP contribution in [-0.2, 0) is 15.1 Å². The largest absolute Gasteiger partial charge is 0.457 e. The van der Waals surface area contributed by atoms with Gasteiger partial charge in [0.15, 0.2) is 5.60 Å². The van der Waals surface area contributed by atoms with E-state index in [2.05, 4.69) is 20.9 Å². The molecule has 0 aromatic heterocycles. The Labute approximate surface area is 152 Å². The Morgan fingerprint density at radius 1 is 1.16 bits per heavy atom. The lowest BCUT2D eigenvalue weighted by atomic mass is 9.73. The number of benzene rings is 1. The van der Waals surface area contributed by atoms with E-state index in [4.69, 9.17) is 4.74 Å². The first kappa shape index (κ1) is 19.9. The van der Waals surface area contributed by atoms with Crippen LogP contribution in [0.1, 0.15) is 51.5 Å². The summed E-state index contributed by atoms with van der Waals surface area (Å²) in [7, 11) is 2.17. The Bertz CT molecular complexity index is 535. The van der Waals surface area contributed by atoms with Gasteiger partial charge in [-0.25, -0.2) is 4.79 Å². The molecule has 0 radical (unpaired) electrons. The second-order valence-electron chi connectivity index (χ2n) is 7.58. The van der Waals surface area contributed by atoms with Crippen LogP contribution in [0.5, 0.6) is 0 Å². The van der Waals surface area contributed by atoms with Crippen LogP contribution in [0.4, 0.5) is 0 Å². The van der Waals surface area contributed by atoms with Crippen LogP contribution in [0, 0.1) is 5.92 Å². The highest BCUT2D eigenvalue weighted by Crippen LogP contribution is 2.40. The molecule has 0 bridgehead atoms. The first-order valence-electron chi connectivity index (χ1n) is 9.75. The maximum atomic E-state index is 12.9. The topological polar surface area (TPSA) is 46.5 Å². The number of ether oxygens (including phenoxy) is 1. The van der Waals surface area contributed by atoms with E-state index in [1.165, 1.54) is 6.42 Å². The highest BCUT2D eigenvalue weighted by atomic mass is 16.5. The van der Waals surface area contributed by atoms with Crippen LogP contribution in [0.2, 0.25) is 0 Å². The van der Waals surface area contributed by atoms with Gasteiger partial charge in [-0.05, 0) is 32.3 Å². The van der Waals surface area contributed by atoms with Crippen LogP contribution in [0.25, 0.3) is 0 Å². The van der Waals surface area contributed by atoms with E-state index in [-0.39, 0.29) is 5.92 Å². The van der Waals surface area contributed by atoms with Crippen LogP contribution < -0.4 is 0 Å². The van der Waals surface area contributed by atoms with Crippen molar-refractivity contribution in [3.05, 3.63) is 35.9 Å². The Balaban J connectivity index is 2.13. The number of carbonyl (C=O) groups is 1. The highest BCUT2D eigenvalue weighted by Gasteiger charge is 2.47. The number of rotatable bonds is 8. The fourth-order valence-corrected chi connectivity index (χ4v) is 3.74. The van der Waals surface area contributed by atoms with E-state index in [1.54, 1.807) is 0 Å². The molecule has 1 saturated carbocycles. The van der Waals surface area contributed by atoms with Crippen molar-refractivity contribution in [2.45, 2.75) is 51.6 Å². The van der Waals surface area contributed by atoms with Crippen molar-refractivity contribution in [3.8, 4) is 0 Å². The molecule has 4 nitrogen and oxygen atoms in total. The van der Waals surface area contributed by atoms with Crippen LogP contribution in [0.15, 0.2) is 30.3 Å². The normalized spacial score (nSPS) is 18.6. The molecule has 0 unspecified atom stereocenters. The van der Waals surface area contributed by atoms with Crippen LogP contribution in [-0.4, -0.2) is 48.8 Å². The molecule has 1 aliphatic carbocycles. The maximum Gasteiger partial charge on any atom is 0.343 e. The lowest BCUT2D eigenvalue weighted by Crippen LogP contribution is -2.48. The minimum Gasteiger partial charge on any atom is -0.457 e. The number of aliphatic hydroxyl groups is 1. The monoisotopic (exact) mass is 348 g/mol. The van der Waals surface area contributed by atoms with Gasteiger partial charge in [-0.15, -0.1) is 0 Å². The predicted molar refractivity (Wildman–Crippen MR) is 100 cm³/mol. The quantitative estimate of drug-likeness (QED) is 0.578. The molecule has 1 aromatic rings. The van der Waals surface area contributed by atoms with E-state index in [1.807, 2.05) is 30.3 Å². The van der Waals surface area contributed by atoms with Gasteiger partial charge in [0.25, 0.3) is 0 Å². The molecule has 4 heteroatoms. The van der Waals surface area contributed by atoms with Gasteiger partial charge in [0.1, 0.15) is 13.2 Å². The third-order valence-corrected chi connectivity index (χ3v) is 6.11. The van der Waals surface area contributed by atoms with Crippen molar-refractivity contribution < 1.29 is 19.1 Å². The number of quaternary nitrogens is 1. The van der Waals surface area contributed by atoms with E-state index in [0.717, 1.165) is 49.8 Å². The van der Waals surface area contributed by atoms with Crippen molar-refractivity contribution in [1.82, 2.24) is 0 Å². The Kier molecular flexibility index (Phi) is 7.03. The molecule has 0 saturated heterocycles. The maximum absolute atomic E-state index is 12.9. The molecule has 0 heterocycles. The summed E-state index contributed by atoms with van der Waals surface area (Å²) >= 11 is 0. The summed E-state index contributed by atoms with van der Waals surface area (Å²) in [6.07, 6.45) is 5.05. The van der Waals surface area contributed by atoms with Gasteiger partial charge in [-0.1, -0.05) is 49.6 Å². The molecular formula is C21H34NO3+. The van der Waals surface area contributed by atoms with Gasteiger partial charge in [-0.2, -0.15) is 0 Å². The van der Waals surface area contributed by atoms with E-state index >= 15 is 0 Å². The highest BCUT2D eigenvalue weighted by molar-refractivity contribution is 5.81. The molecule has 25 heavy (non-hydrogen) atoms. The summed E-state index contributed by atoms with van der Waals surface area (Å²) < 4.78 is 6.47. The van der Waals surface area contributed by atoms with Crippen molar-refractivity contribution in [3.63, 3.8) is 0 Å². The van der Waals surface area contributed by atoms with E-state index in [9.17, 15) is 9.90 Å². The summed E-state index contributed by atoms with van der Waals surface area (Å²) in [6, 6.07) is 9.33. The SMILES string of the molecule is CC[N+](C)(CC)CCOC(=O)[C@@](O)(c1ccccc1)C1CCCCC1. The number of hydrogen-bond donors (Lipinski definition) is 1. The molecule has 1 fully saturated rings. The Hall–Kier alpha value is -1.39. The lowest BCUT2D eigenvalue weighted by molar-refractivity contribution is -0.906. The second-order valence-corrected chi connectivity index (χ2v) is 7.58. The zero-order valence-corrected chi connectivity index (χ0v) is 16.0. The first-order chi connectivity index (χ1) is 12.0. The molecule has 1 N–H and O–H groups in total. The molecule has 1 aromatic carbocycles. The van der Waals surface area contributed by atoms with Crippen LogP contribution in [0.3, 0.4) is 0 Å². The number of nitrogens with zero attached hydrogens (tertiary/aromatic N) is 1. The van der Waals surface area contributed by atoms with Crippen LogP contribution >= 0.6 is 0 Å². The van der Waals surface area contributed by atoms with Crippen molar-refractivity contribution in [2.75, 3.05) is 33.3 Å². The van der Waals surface area contributed by atoms with Crippen molar-refractivity contribution >= 4 is 5.97 Å². The zero-order valence-electron chi connectivity index (χ0n) is 16.0. The second kappa shape index (κ2) is 8.81. The average molecular weight is 349 g/mol. The molecule has 1 atom stereocenters. The van der Waals surface area contributed by atoms with Gasteiger partial charge in [-0.3, -0.25) is 0 Å². The zero-order chi connectivity index (χ0) is 18.3. The molecule has 140 valence electrons. The van der Waals surface area contributed by atoms with Gasteiger partial charge >= 0.3 is 5.97 Å². The minimum atomic E-state index is -1.52. The predicted octanol–water partition coefficient (Wildman–Crippen LogP) is 3.48. The molecule has 0 aliphatic heterocycles. The van der Waals surface area contributed by atoms with E-state index in [0.29, 0.717) is 12.2 Å². The molecule has 2 rings (SSSR count). The van der Waals surface area contributed by atoms with Gasteiger partial charge in [0, 0.05) is 5.92 Å². The standard InChI is InChI=1S/C21H34NO3/c1-4-22(3,5-2)16-17-25-20(23)21(24,18-12-8-6-9-13-18)19-14-10-7-11-15-19/h6,8-9,12-13,19,24H,4-5,7,10-11,14-17H2,1-3H3/q+1/t21-/m1/s1. The summed E-state index contributed by atoms with van der Waals surface area (Å²) in [5, 5.41) is 11.4. The Morgan fingerprint density at radius 3 is 2.32 bits per heavy atom. The number of esters is 1. The summed E-state index contributed by atoms with van der Waals surface area (Å²) in [5.74, 6) is -0.543. The number of carbonyl (C=O) groups excluding carboxylic acids is 1. The van der Waals surface area contributed by atoms with Gasteiger partial charge < -0.3 is 14.3 Å². The van der Waals surface area contributed by atoms with E-state index < -0.39 is 11.6 Å². The minimum absolute atomic E-state index is 0.0608.